The average molecular weight is 270 g/mol. The maximum Gasteiger partial charge on any atom is 0.307 e. The lowest BCUT2D eigenvalue weighted by Gasteiger charge is -2.16. The van der Waals surface area contributed by atoms with Gasteiger partial charge in [0.2, 0.25) is 0 Å². The highest BCUT2D eigenvalue weighted by molar-refractivity contribution is 6.31. The van der Waals surface area contributed by atoms with Gasteiger partial charge in [-0.2, -0.15) is 5.26 Å². The Kier molecular flexibility index (Phi) is 5.10. The largest absolute Gasteiger partial charge is 0.481 e. The van der Waals surface area contributed by atoms with E-state index in [2.05, 4.69) is 0 Å². The van der Waals surface area contributed by atoms with Crippen molar-refractivity contribution >= 4 is 17.6 Å². The van der Waals surface area contributed by atoms with Crippen molar-refractivity contribution in [1.82, 2.24) is 0 Å². The molecule has 1 rings (SSSR count). The third kappa shape index (κ3) is 3.70. The van der Waals surface area contributed by atoms with Crippen molar-refractivity contribution in [2.45, 2.75) is 25.0 Å². The first kappa shape index (κ1) is 14.5. The van der Waals surface area contributed by atoms with Gasteiger partial charge in [-0.1, -0.05) is 23.7 Å². The summed E-state index contributed by atoms with van der Waals surface area (Å²) in [5.74, 6) is -1.00. The quantitative estimate of drug-likeness (QED) is 0.747. The highest BCUT2D eigenvalue weighted by Crippen LogP contribution is 2.25. The number of aliphatic carboxylic acids is 1. The molecule has 5 nitrogen and oxygen atoms in total. The zero-order valence-electron chi connectivity index (χ0n) is 9.38. The van der Waals surface area contributed by atoms with E-state index in [0.29, 0.717) is 11.1 Å². The molecule has 0 aromatic heterocycles. The average Bonchev–Trinajstić information content (AvgIpc) is 2.30. The number of carbonyl (C=O) groups is 1. The molecular weight excluding hydrogens is 258 g/mol. The van der Waals surface area contributed by atoms with E-state index in [0.717, 1.165) is 0 Å². The Morgan fingerprint density at radius 1 is 1.44 bits per heavy atom. The second-order valence-corrected chi connectivity index (χ2v) is 4.20. The number of carboxylic acid groups (broad SMARTS) is 1. The maximum atomic E-state index is 10.5. The first-order chi connectivity index (χ1) is 8.45. The van der Waals surface area contributed by atoms with E-state index in [1.54, 1.807) is 6.07 Å². The molecule has 0 saturated carbocycles. The number of nitrogens with zero attached hydrogens (tertiary/aromatic N) is 1. The van der Waals surface area contributed by atoms with Crippen LogP contribution in [0.2, 0.25) is 5.02 Å². The standard InChI is InChI=1S/C12H12ClNO4/c13-9-5-8(12(18)10(15)3-4-14)2-1-7(9)6-11(16)17/h1-2,5,10,12,15,18H,3,6H2,(H,16,17). The van der Waals surface area contributed by atoms with Gasteiger partial charge in [-0.25, -0.2) is 0 Å². The van der Waals surface area contributed by atoms with Gasteiger partial charge in [0.05, 0.1) is 25.0 Å². The van der Waals surface area contributed by atoms with Crippen LogP contribution in [-0.2, 0) is 11.2 Å². The summed E-state index contributed by atoms with van der Waals surface area (Å²) in [4.78, 5) is 10.5. The fraction of sp³-hybridized carbons (Fsp3) is 0.333. The molecule has 0 spiro atoms. The van der Waals surface area contributed by atoms with Crippen LogP contribution in [0.3, 0.4) is 0 Å². The van der Waals surface area contributed by atoms with Crippen LogP contribution >= 0.6 is 11.6 Å². The summed E-state index contributed by atoms with van der Waals surface area (Å²) in [5, 5.41) is 36.5. The van der Waals surface area contributed by atoms with Crippen molar-refractivity contribution in [3.8, 4) is 6.07 Å². The van der Waals surface area contributed by atoms with Crippen LogP contribution in [0.15, 0.2) is 18.2 Å². The Morgan fingerprint density at radius 3 is 2.61 bits per heavy atom. The zero-order valence-corrected chi connectivity index (χ0v) is 10.1. The van der Waals surface area contributed by atoms with E-state index < -0.39 is 18.2 Å². The third-order valence-corrected chi connectivity index (χ3v) is 2.78. The van der Waals surface area contributed by atoms with Crippen molar-refractivity contribution in [3.05, 3.63) is 34.3 Å². The molecule has 0 aliphatic carbocycles. The molecule has 0 fully saturated rings. The summed E-state index contributed by atoms with van der Waals surface area (Å²) in [7, 11) is 0. The van der Waals surface area contributed by atoms with E-state index >= 15 is 0 Å². The molecule has 0 aliphatic heterocycles. The van der Waals surface area contributed by atoms with Gasteiger partial charge in [0, 0.05) is 5.02 Å². The molecule has 0 amide bonds. The van der Waals surface area contributed by atoms with Crippen LogP contribution in [0.4, 0.5) is 0 Å². The fourth-order valence-corrected chi connectivity index (χ4v) is 1.74. The maximum absolute atomic E-state index is 10.5. The number of halogens is 1. The molecule has 0 aliphatic rings. The van der Waals surface area contributed by atoms with Crippen LogP contribution in [0.1, 0.15) is 23.7 Å². The van der Waals surface area contributed by atoms with E-state index in [9.17, 15) is 15.0 Å². The molecule has 0 saturated heterocycles. The van der Waals surface area contributed by atoms with Crippen LogP contribution in [-0.4, -0.2) is 27.4 Å². The normalized spacial score (nSPS) is 13.7. The van der Waals surface area contributed by atoms with Gasteiger partial charge in [0.1, 0.15) is 6.10 Å². The van der Waals surface area contributed by atoms with Crippen molar-refractivity contribution in [2.75, 3.05) is 0 Å². The number of aliphatic hydroxyl groups is 2. The first-order valence-electron chi connectivity index (χ1n) is 5.19. The first-order valence-corrected chi connectivity index (χ1v) is 5.56. The van der Waals surface area contributed by atoms with Gasteiger partial charge >= 0.3 is 5.97 Å². The van der Waals surface area contributed by atoms with Crippen molar-refractivity contribution in [3.63, 3.8) is 0 Å². The molecule has 3 N–H and O–H groups in total. The second kappa shape index (κ2) is 6.36. The van der Waals surface area contributed by atoms with Gasteiger partial charge in [-0.05, 0) is 17.2 Å². The number of benzene rings is 1. The molecule has 18 heavy (non-hydrogen) atoms. The van der Waals surface area contributed by atoms with E-state index in [1.807, 2.05) is 0 Å². The van der Waals surface area contributed by atoms with Gasteiger partial charge < -0.3 is 15.3 Å². The summed E-state index contributed by atoms with van der Waals surface area (Å²) in [5.41, 5.74) is 0.770. The van der Waals surface area contributed by atoms with Gasteiger partial charge in [0.25, 0.3) is 0 Å². The lowest BCUT2D eigenvalue weighted by molar-refractivity contribution is -0.136. The molecule has 2 atom stereocenters. The Hall–Kier alpha value is -1.61. The van der Waals surface area contributed by atoms with Crippen molar-refractivity contribution in [1.29, 1.82) is 5.26 Å². The number of aliphatic hydroxyl groups excluding tert-OH is 2. The second-order valence-electron chi connectivity index (χ2n) is 3.80. The van der Waals surface area contributed by atoms with Gasteiger partial charge in [-0.3, -0.25) is 4.79 Å². The minimum atomic E-state index is -1.22. The summed E-state index contributed by atoms with van der Waals surface area (Å²) >= 11 is 5.88. The number of hydrogen-bond donors (Lipinski definition) is 3. The monoisotopic (exact) mass is 269 g/mol. The predicted molar refractivity (Wildman–Crippen MR) is 64.0 cm³/mol. The highest BCUT2D eigenvalue weighted by Gasteiger charge is 2.19. The lowest BCUT2D eigenvalue weighted by Crippen LogP contribution is -2.17. The van der Waals surface area contributed by atoms with Crippen LogP contribution in [0.5, 0.6) is 0 Å². The van der Waals surface area contributed by atoms with Gasteiger partial charge in [-0.15, -0.1) is 0 Å². The molecule has 2 unspecified atom stereocenters. The van der Waals surface area contributed by atoms with E-state index in [4.69, 9.17) is 22.0 Å². The topological polar surface area (TPSA) is 102 Å². The zero-order chi connectivity index (χ0) is 13.7. The Morgan fingerprint density at radius 2 is 2.11 bits per heavy atom. The van der Waals surface area contributed by atoms with Gasteiger partial charge in [0.15, 0.2) is 0 Å². The molecule has 1 aromatic carbocycles. The number of hydrogen-bond acceptors (Lipinski definition) is 4. The highest BCUT2D eigenvalue weighted by atomic mass is 35.5. The molecule has 6 heteroatoms. The Balaban J connectivity index is 2.90. The minimum absolute atomic E-state index is 0.199. The van der Waals surface area contributed by atoms with Crippen LogP contribution in [0.25, 0.3) is 0 Å². The SMILES string of the molecule is N#CCC(O)C(O)c1ccc(CC(=O)O)c(Cl)c1. The smallest absolute Gasteiger partial charge is 0.307 e. The number of carboxylic acids is 1. The summed E-state index contributed by atoms with van der Waals surface area (Å²) < 4.78 is 0. The summed E-state index contributed by atoms with van der Waals surface area (Å²) in [6.45, 7) is 0. The van der Waals surface area contributed by atoms with Crippen molar-refractivity contribution in [2.24, 2.45) is 0 Å². The fourth-order valence-electron chi connectivity index (χ4n) is 1.48. The molecule has 0 bridgehead atoms. The lowest BCUT2D eigenvalue weighted by atomic mass is 10.0. The summed E-state index contributed by atoms with van der Waals surface area (Å²) in [6, 6.07) is 6.11. The van der Waals surface area contributed by atoms with Crippen LogP contribution in [0, 0.1) is 11.3 Å². The molecule has 0 radical (unpaired) electrons. The van der Waals surface area contributed by atoms with E-state index in [1.165, 1.54) is 18.2 Å². The molecular formula is C12H12ClNO4. The minimum Gasteiger partial charge on any atom is -0.481 e. The molecule has 1 aromatic rings. The number of nitriles is 1. The Labute approximate surface area is 109 Å². The van der Waals surface area contributed by atoms with E-state index in [-0.39, 0.29) is 17.9 Å². The predicted octanol–water partition coefficient (Wildman–Crippen LogP) is 1.28. The third-order valence-electron chi connectivity index (χ3n) is 2.43. The Bertz CT molecular complexity index is 483. The van der Waals surface area contributed by atoms with Crippen LogP contribution < -0.4 is 0 Å². The molecule has 96 valence electrons. The number of rotatable bonds is 5. The molecule has 0 heterocycles. The summed E-state index contributed by atoms with van der Waals surface area (Å²) in [6.07, 6.45) is -2.83. The van der Waals surface area contributed by atoms with Crippen molar-refractivity contribution < 1.29 is 20.1 Å².